The maximum Gasteiger partial charge on any atom is 0.0641 e. The molecular formula is C52H34N2. The number of benzene rings is 9. The predicted molar refractivity (Wildman–Crippen MR) is 229 cm³/mol. The average molecular weight is 687 g/mol. The zero-order chi connectivity index (χ0) is 35.6. The summed E-state index contributed by atoms with van der Waals surface area (Å²) in [7, 11) is 0. The molecule has 0 saturated heterocycles. The van der Waals surface area contributed by atoms with E-state index in [4.69, 9.17) is 0 Å². The van der Waals surface area contributed by atoms with E-state index in [1.54, 1.807) is 0 Å². The van der Waals surface area contributed by atoms with Gasteiger partial charge < -0.3 is 9.13 Å². The minimum absolute atomic E-state index is 1.15. The zero-order valence-corrected chi connectivity index (χ0v) is 29.5. The molecule has 252 valence electrons. The van der Waals surface area contributed by atoms with Gasteiger partial charge in [0.25, 0.3) is 0 Å². The molecule has 0 spiro atoms. The quantitative estimate of drug-likeness (QED) is 0.171. The lowest BCUT2D eigenvalue weighted by Gasteiger charge is -2.12. The summed E-state index contributed by atoms with van der Waals surface area (Å²) in [4.78, 5) is 0. The van der Waals surface area contributed by atoms with Crippen LogP contribution in [0.1, 0.15) is 0 Å². The third-order valence-corrected chi connectivity index (χ3v) is 11.1. The largest absolute Gasteiger partial charge is 0.309 e. The Hall–Kier alpha value is -7.16. The van der Waals surface area contributed by atoms with E-state index >= 15 is 0 Å². The molecule has 54 heavy (non-hydrogen) atoms. The maximum atomic E-state index is 2.48. The Morgan fingerprint density at radius 1 is 0.259 bits per heavy atom. The molecular weight excluding hydrogens is 653 g/mol. The number of hydrogen-bond donors (Lipinski definition) is 0. The third kappa shape index (κ3) is 4.81. The van der Waals surface area contributed by atoms with Crippen LogP contribution in [0.15, 0.2) is 206 Å². The molecule has 0 aliphatic heterocycles. The van der Waals surface area contributed by atoms with E-state index in [0.29, 0.717) is 0 Å². The predicted octanol–water partition coefficient (Wildman–Crippen LogP) is 14.0. The highest BCUT2D eigenvalue weighted by Crippen LogP contribution is 2.42. The van der Waals surface area contributed by atoms with Gasteiger partial charge in [-0.2, -0.15) is 0 Å². The molecule has 2 heteroatoms. The molecule has 0 amide bonds. The van der Waals surface area contributed by atoms with Gasteiger partial charge in [-0.3, -0.25) is 0 Å². The molecule has 2 heterocycles. The molecule has 0 unspecified atom stereocenters. The lowest BCUT2D eigenvalue weighted by Crippen LogP contribution is -1.96. The molecule has 0 aliphatic rings. The second-order valence-electron chi connectivity index (χ2n) is 14.2. The molecule has 0 saturated carbocycles. The van der Waals surface area contributed by atoms with Crippen LogP contribution in [0.2, 0.25) is 0 Å². The van der Waals surface area contributed by atoms with Crippen molar-refractivity contribution in [3.63, 3.8) is 0 Å². The monoisotopic (exact) mass is 686 g/mol. The Morgan fingerprint density at radius 2 is 0.741 bits per heavy atom. The van der Waals surface area contributed by atoms with Crippen LogP contribution in [0.3, 0.4) is 0 Å². The Labute approximate surface area is 313 Å². The van der Waals surface area contributed by atoms with Crippen molar-refractivity contribution in [2.24, 2.45) is 0 Å². The minimum Gasteiger partial charge on any atom is -0.309 e. The summed E-state index contributed by atoms with van der Waals surface area (Å²) in [6.07, 6.45) is 0. The lowest BCUT2D eigenvalue weighted by atomic mass is 10.0. The van der Waals surface area contributed by atoms with Gasteiger partial charge in [-0.1, -0.05) is 158 Å². The number of fused-ring (bicyclic) bond motifs is 8. The molecule has 11 aromatic rings. The van der Waals surface area contributed by atoms with E-state index in [-0.39, 0.29) is 0 Å². The normalized spacial score (nSPS) is 11.7. The van der Waals surface area contributed by atoms with Gasteiger partial charge in [0.15, 0.2) is 0 Å². The topological polar surface area (TPSA) is 9.86 Å². The van der Waals surface area contributed by atoms with E-state index < -0.39 is 0 Å². The van der Waals surface area contributed by atoms with Gasteiger partial charge in [-0.05, 0) is 92.7 Å². The van der Waals surface area contributed by atoms with E-state index in [1.165, 1.54) is 87.8 Å². The average Bonchev–Trinajstić information content (AvgIpc) is 3.77. The van der Waals surface area contributed by atoms with Crippen LogP contribution in [0.5, 0.6) is 0 Å². The fourth-order valence-electron chi connectivity index (χ4n) is 8.53. The highest BCUT2D eigenvalue weighted by Gasteiger charge is 2.21. The first-order valence-electron chi connectivity index (χ1n) is 18.6. The molecule has 2 nitrogen and oxygen atoms in total. The first-order chi connectivity index (χ1) is 26.8. The first kappa shape index (κ1) is 30.5. The number of para-hydroxylation sites is 2. The Kier molecular flexibility index (Phi) is 6.90. The van der Waals surface area contributed by atoms with E-state index in [9.17, 15) is 0 Å². The highest BCUT2D eigenvalue weighted by molar-refractivity contribution is 6.26. The van der Waals surface area contributed by atoms with Crippen LogP contribution in [-0.2, 0) is 0 Å². The second-order valence-corrected chi connectivity index (χ2v) is 14.2. The summed E-state index contributed by atoms with van der Waals surface area (Å²) in [6, 6.07) is 75.1. The minimum atomic E-state index is 1.15. The molecule has 11 rings (SSSR count). The van der Waals surface area contributed by atoms with Gasteiger partial charge in [0.2, 0.25) is 0 Å². The van der Waals surface area contributed by atoms with Crippen LogP contribution in [0.4, 0.5) is 0 Å². The number of rotatable bonds is 5. The van der Waals surface area contributed by atoms with Crippen LogP contribution in [0, 0.1) is 0 Å². The molecule has 2 aromatic heterocycles. The maximum absolute atomic E-state index is 2.48. The van der Waals surface area contributed by atoms with Crippen molar-refractivity contribution in [1.29, 1.82) is 0 Å². The van der Waals surface area contributed by atoms with Crippen molar-refractivity contribution in [2.75, 3.05) is 0 Å². The summed E-state index contributed by atoms with van der Waals surface area (Å²) >= 11 is 0. The van der Waals surface area contributed by atoms with Crippen molar-refractivity contribution >= 4 is 54.4 Å². The van der Waals surface area contributed by atoms with Crippen molar-refractivity contribution in [3.8, 4) is 44.8 Å². The number of hydrogen-bond acceptors (Lipinski definition) is 0. The van der Waals surface area contributed by atoms with Gasteiger partial charge in [-0.25, -0.2) is 0 Å². The highest BCUT2D eigenvalue weighted by atomic mass is 15.0. The third-order valence-electron chi connectivity index (χ3n) is 11.1. The van der Waals surface area contributed by atoms with E-state index in [0.717, 1.165) is 11.4 Å². The van der Waals surface area contributed by atoms with Gasteiger partial charge in [0, 0.05) is 32.9 Å². The molecule has 0 aliphatic carbocycles. The molecule has 0 fully saturated rings. The summed E-state index contributed by atoms with van der Waals surface area (Å²) in [5, 5.41) is 7.49. The van der Waals surface area contributed by atoms with Gasteiger partial charge >= 0.3 is 0 Å². The van der Waals surface area contributed by atoms with Crippen LogP contribution < -0.4 is 0 Å². The van der Waals surface area contributed by atoms with Crippen LogP contribution >= 0.6 is 0 Å². The van der Waals surface area contributed by atoms with Crippen molar-refractivity contribution in [3.05, 3.63) is 206 Å². The number of aromatic nitrogens is 2. The summed E-state index contributed by atoms with van der Waals surface area (Å²) in [6.45, 7) is 0. The number of nitrogens with zero attached hydrogens (tertiary/aromatic N) is 2. The smallest absolute Gasteiger partial charge is 0.0641 e. The summed E-state index contributed by atoms with van der Waals surface area (Å²) in [5.41, 5.74) is 14.5. The van der Waals surface area contributed by atoms with E-state index in [2.05, 4.69) is 215 Å². The molecule has 0 radical (unpaired) electrons. The first-order valence-corrected chi connectivity index (χ1v) is 18.6. The van der Waals surface area contributed by atoms with Crippen molar-refractivity contribution in [1.82, 2.24) is 9.13 Å². The lowest BCUT2D eigenvalue weighted by molar-refractivity contribution is 1.18. The SMILES string of the molecule is c1ccc(-c2ccc(-c3ccc(-n4c5ccccc5c5c4ccc4c6ccccc6n(-c6ccc7cc(-c8ccccc8)ccc7c6)c45)cc3)cc2)cc1. The van der Waals surface area contributed by atoms with Crippen LogP contribution in [0.25, 0.3) is 99.1 Å². The Morgan fingerprint density at radius 3 is 1.43 bits per heavy atom. The fourth-order valence-corrected chi connectivity index (χ4v) is 8.53. The summed E-state index contributed by atoms with van der Waals surface area (Å²) < 4.78 is 4.91. The second kappa shape index (κ2) is 12.2. The zero-order valence-electron chi connectivity index (χ0n) is 29.5. The molecule has 0 N–H and O–H groups in total. The molecule has 0 bridgehead atoms. The van der Waals surface area contributed by atoms with E-state index in [1.807, 2.05) is 0 Å². The Bertz CT molecular complexity index is 3170. The van der Waals surface area contributed by atoms with Crippen molar-refractivity contribution < 1.29 is 0 Å². The van der Waals surface area contributed by atoms with Gasteiger partial charge in [-0.15, -0.1) is 0 Å². The van der Waals surface area contributed by atoms with Gasteiger partial charge in [0.1, 0.15) is 0 Å². The fraction of sp³-hybridized carbons (Fsp3) is 0. The standard InChI is InChI=1S/C52H34N2/c1-3-11-35(12-4-1)37-19-21-38(22-20-37)39-25-28-43(29-26-39)53-49-18-10-8-16-47(49)51-50(53)32-31-46-45-15-7-9-17-48(45)54(52(46)51)44-30-27-41-33-40(23-24-42(41)34-44)36-13-5-2-6-14-36/h1-34H. The Balaban J connectivity index is 1.08. The van der Waals surface area contributed by atoms with Crippen LogP contribution in [-0.4, -0.2) is 9.13 Å². The van der Waals surface area contributed by atoms with Gasteiger partial charge in [0.05, 0.1) is 22.1 Å². The summed E-state index contributed by atoms with van der Waals surface area (Å²) in [5.74, 6) is 0. The molecule has 9 aromatic carbocycles. The molecule has 0 atom stereocenters. The van der Waals surface area contributed by atoms with Crippen molar-refractivity contribution in [2.45, 2.75) is 0 Å².